The van der Waals surface area contributed by atoms with Gasteiger partial charge >= 0.3 is 5.97 Å². The van der Waals surface area contributed by atoms with Gasteiger partial charge in [-0.15, -0.1) is 0 Å². The number of carbonyl (C=O) groups is 1. The molecule has 0 bridgehead atoms. The molecule has 0 fully saturated rings. The first kappa shape index (κ1) is 15.4. The molecule has 1 aromatic rings. The van der Waals surface area contributed by atoms with Gasteiger partial charge in [0.15, 0.2) is 0 Å². The largest absolute Gasteiger partial charge is 0.478 e. The fourth-order valence-corrected chi connectivity index (χ4v) is 1.94. The molecule has 0 aliphatic rings. The van der Waals surface area contributed by atoms with Crippen LogP contribution in [0.15, 0.2) is 18.2 Å². The number of anilines is 1. The Hall–Kier alpha value is -1.62. The standard InChI is InChI=1S/C14H21FN2O2/c1-3-8-17(4-2)9-7-16-13-6-5-11(15)10-12(13)14(18)19/h5-6,10,16H,3-4,7-9H2,1-2H3,(H,18,19). The molecule has 0 radical (unpaired) electrons. The first-order chi connectivity index (χ1) is 9.08. The van der Waals surface area contributed by atoms with E-state index in [0.29, 0.717) is 12.2 Å². The lowest BCUT2D eigenvalue weighted by Crippen LogP contribution is -2.29. The lowest BCUT2D eigenvalue weighted by Gasteiger charge is -2.20. The van der Waals surface area contributed by atoms with E-state index >= 15 is 0 Å². The van der Waals surface area contributed by atoms with Crippen LogP contribution >= 0.6 is 0 Å². The van der Waals surface area contributed by atoms with Crippen LogP contribution in [0, 0.1) is 5.82 Å². The zero-order chi connectivity index (χ0) is 14.3. The number of benzene rings is 1. The van der Waals surface area contributed by atoms with E-state index in [2.05, 4.69) is 24.1 Å². The van der Waals surface area contributed by atoms with Crippen molar-refractivity contribution in [3.63, 3.8) is 0 Å². The molecule has 1 rings (SSSR count). The van der Waals surface area contributed by atoms with Gasteiger partial charge < -0.3 is 15.3 Å². The summed E-state index contributed by atoms with van der Waals surface area (Å²) in [5.74, 6) is -1.66. The fraction of sp³-hybridized carbons (Fsp3) is 0.500. The summed E-state index contributed by atoms with van der Waals surface area (Å²) in [7, 11) is 0. The van der Waals surface area contributed by atoms with Crippen molar-refractivity contribution in [3.8, 4) is 0 Å². The highest BCUT2D eigenvalue weighted by Gasteiger charge is 2.11. The lowest BCUT2D eigenvalue weighted by atomic mass is 10.1. The second-order valence-corrected chi connectivity index (χ2v) is 4.36. The second kappa shape index (κ2) is 7.74. The van der Waals surface area contributed by atoms with Gasteiger partial charge in [-0.2, -0.15) is 0 Å². The molecule has 19 heavy (non-hydrogen) atoms. The number of nitrogens with zero attached hydrogens (tertiary/aromatic N) is 1. The monoisotopic (exact) mass is 268 g/mol. The first-order valence-electron chi connectivity index (χ1n) is 6.57. The number of hydrogen-bond acceptors (Lipinski definition) is 3. The Morgan fingerprint density at radius 3 is 2.68 bits per heavy atom. The topological polar surface area (TPSA) is 52.6 Å². The van der Waals surface area contributed by atoms with Gasteiger partial charge in [-0.05, 0) is 37.7 Å². The number of hydrogen-bond donors (Lipinski definition) is 2. The van der Waals surface area contributed by atoms with Crippen LogP contribution < -0.4 is 5.32 Å². The number of nitrogens with one attached hydrogen (secondary N) is 1. The summed E-state index contributed by atoms with van der Waals surface area (Å²) in [6, 6.07) is 3.77. The zero-order valence-electron chi connectivity index (χ0n) is 11.4. The third-order valence-corrected chi connectivity index (χ3v) is 2.94. The second-order valence-electron chi connectivity index (χ2n) is 4.36. The minimum atomic E-state index is -1.12. The van der Waals surface area contributed by atoms with Crippen molar-refractivity contribution in [3.05, 3.63) is 29.6 Å². The van der Waals surface area contributed by atoms with Gasteiger partial charge in [-0.3, -0.25) is 0 Å². The Kier molecular flexibility index (Phi) is 6.29. The van der Waals surface area contributed by atoms with E-state index in [1.165, 1.54) is 12.1 Å². The van der Waals surface area contributed by atoms with Crippen molar-refractivity contribution in [2.24, 2.45) is 0 Å². The molecular formula is C14H21FN2O2. The Bertz CT molecular complexity index is 424. The molecule has 0 atom stereocenters. The Morgan fingerprint density at radius 2 is 2.11 bits per heavy atom. The fourth-order valence-electron chi connectivity index (χ4n) is 1.94. The van der Waals surface area contributed by atoms with Crippen LogP contribution in [0.4, 0.5) is 10.1 Å². The van der Waals surface area contributed by atoms with Crippen molar-refractivity contribution in [2.75, 3.05) is 31.5 Å². The van der Waals surface area contributed by atoms with E-state index in [1.807, 2.05) is 0 Å². The number of carboxylic acid groups (broad SMARTS) is 1. The van der Waals surface area contributed by atoms with Crippen LogP contribution in [0.25, 0.3) is 0 Å². The summed E-state index contributed by atoms with van der Waals surface area (Å²) in [5.41, 5.74) is 0.431. The van der Waals surface area contributed by atoms with E-state index in [0.717, 1.165) is 32.1 Å². The van der Waals surface area contributed by atoms with Gasteiger partial charge in [0, 0.05) is 18.8 Å². The maximum Gasteiger partial charge on any atom is 0.337 e. The minimum Gasteiger partial charge on any atom is -0.478 e. The van der Waals surface area contributed by atoms with Crippen molar-refractivity contribution >= 4 is 11.7 Å². The van der Waals surface area contributed by atoms with Crippen LogP contribution in [-0.2, 0) is 0 Å². The van der Waals surface area contributed by atoms with Crippen LogP contribution in [0.5, 0.6) is 0 Å². The summed E-state index contributed by atoms with van der Waals surface area (Å²) in [6.45, 7) is 7.67. The molecule has 0 aliphatic carbocycles. The van der Waals surface area contributed by atoms with Crippen molar-refractivity contribution in [1.82, 2.24) is 4.90 Å². The number of likely N-dealkylation sites (N-methyl/N-ethyl adjacent to an activating group) is 1. The summed E-state index contributed by atoms with van der Waals surface area (Å²) in [5, 5.41) is 12.1. The van der Waals surface area contributed by atoms with Crippen LogP contribution in [0.1, 0.15) is 30.6 Å². The Balaban J connectivity index is 2.60. The van der Waals surface area contributed by atoms with E-state index in [4.69, 9.17) is 5.11 Å². The quantitative estimate of drug-likeness (QED) is 0.761. The highest BCUT2D eigenvalue weighted by Crippen LogP contribution is 2.16. The van der Waals surface area contributed by atoms with Crippen LogP contribution in [0.2, 0.25) is 0 Å². The van der Waals surface area contributed by atoms with E-state index in [9.17, 15) is 9.18 Å². The molecule has 0 spiro atoms. The maximum atomic E-state index is 13.0. The SMILES string of the molecule is CCCN(CC)CCNc1ccc(F)cc1C(=O)O. The highest BCUT2D eigenvalue weighted by molar-refractivity contribution is 5.94. The third kappa shape index (κ3) is 4.87. The van der Waals surface area contributed by atoms with E-state index in [-0.39, 0.29) is 5.56 Å². The first-order valence-corrected chi connectivity index (χ1v) is 6.57. The molecule has 0 amide bonds. The van der Waals surface area contributed by atoms with Crippen LogP contribution in [-0.4, -0.2) is 42.2 Å². The van der Waals surface area contributed by atoms with Crippen molar-refractivity contribution < 1.29 is 14.3 Å². The summed E-state index contributed by atoms with van der Waals surface area (Å²) in [4.78, 5) is 13.3. The van der Waals surface area contributed by atoms with Gasteiger partial charge in [0.1, 0.15) is 5.82 Å². The number of rotatable bonds is 8. The average Bonchev–Trinajstić information content (AvgIpc) is 2.39. The molecule has 0 saturated carbocycles. The average molecular weight is 268 g/mol. The maximum absolute atomic E-state index is 13.0. The molecule has 0 saturated heterocycles. The van der Waals surface area contributed by atoms with Gasteiger partial charge in [0.2, 0.25) is 0 Å². The molecule has 0 aliphatic heterocycles. The van der Waals surface area contributed by atoms with E-state index < -0.39 is 11.8 Å². The molecule has 0 aromatic heterocycles. The van der Waals surface area contributed by atoms with Gasteiger partial charge in [0.25, 0.3) is 0 Å². The molecule has 4 nitrogen and oxygen atoms in total. The molecule has 5 heteroatoms. The van der Waals surface area contributed by atoms with Gasteiger partial charge in [0.05, 0.1) is 5.56 Å². The van der Waals surface area contributed by atoms with Crippen molar-refractivity contribution in [1.29, 1.82) is 0 Å². The number of aromatic carboxylic acids is 1. The van der Waals surface area contributed by atoms with E-state index in [1.54, 1.807) is 0 Å². The smallest absolute Gasteiger partial charge is 0.337 e. The molecule has 2 N–H and O–H groups in total. The van der Waals surface area contributed by atoms with Gasteiger partial charge in [-0.1, -0.05) is 13.8 Å². The Labute approximate surface area is 113 Å². The Morgan fingerprint density at radius 1 is 1.37 bits per heavy atom. The molecule has 0 unspecified atom stereocenters. The number of carboxylic acids is 1. The summed E-state index contributed by atoms with van der Waals surface area (Å²) < 4.78 is 13.0. The van der Waals surface area contributed by atoms with Gasteiger partial charge in [-0.25, -0.2) is 9.18 Å². The third-order valence-electron chi connectivity index (χ3n) is 2.94. The van der Waals surface area contributed by atoms with Crippen LogP contribution in [0.3, 0.4) is 0 Å². The predicted molar refractivity (Wildman–Crippen MR) is 74.3 cm³/mol. The predicted octanol–water partition coefficient (Wildman–Crippen LogP) is 2.67. The van der Waals surface area contributed by atoms with Crippen molar-refractivity contribution in [2.45, 2.75) is 20.3 Å². The number of halogens is 1. The zero-order valence-corrected chi connectivity index (χ0v) is 11.4. The minimum absolute atomic E-state index is 0.0291. The molecule has 0 heterocycles. The molecule has 106 valence electrons. The lowest BCUT2D eigenvalue weighted by molar-refractivity contribution is 0.0697. The molecule has 1 aromatic carbocycles. The normalized spacial score (nSPS) is 10.7. The highest BCUT2D eigenvalue weighted by atomic mass is 19.1. The summed E-state index contributed by atoms with van der Waals surface area (Å²) >= 11 is 0. The molecular weight excluding hydrogens is 247 g/mol. The summed E-state index contributed by atoms with van der Waals surface area (Å²) in [6.07, 6.45) is 1.09.